The van der Waals surface area contributed by atoms with Crippen molar-refractivity contribution in [3.05, 3.63) is 40.0 Å². The lowest BCUT2D eigenvalue weighted by molar-refractivity contribution is 0.590. The van der Waals surface area contributed by atoms with Crippen molar-refractivity contribution in [3.8, 4) is 11.8 Å². The zero-order valence-corrected chi connectivity index (χ0v) is 12.6. The third kappa shape index (κ3) is 3.31. The van der Waals surface area contributed by atoms with Crippen molar-refractivity contribution in [2.45, 2.75) is 26.7 Å². The van der Waals surface area contributed by atoms with E-state index >= 15 is 0 Å². The number of hydrogen-bond acceptors (Lipinski definition) is 4. The Hall–Kier alpha value is -1.99. The summed E-state index contributed by atoms with van der Waals surface area (Å²) in [5, 5.41) is 0.297. The van der Waals surface area contributed by atoms with Gasteiger partial charge in [0, 0.05) is 13.2 Å². The van der Waals surface area contributed by atoms with Crippen molar-refractivity contribution in [2.75, 3.05) is 12.8 Å². The molecule has 2 rings (SSSR count). The molecule has 0 saturated heterocycles. The van der Waals surface area contributed by atoms with Crippen LogP contribution in [-0.4, -0.2) is 21.9 Å². The van der Waals surface area contributed by atoms with E-state index in [0.29, 0.717) is 16.4 Å². The number of halogens is 1. The Bertz CT molecular complexity index is 627. The first kappa shape index (κ1) is 14.4. The molecule has 0 fully saturated rings. The molecule has 0 bridgehead atoms. The molecule has 0 radical (unpaired) electrons. The van der Waals surface area contributed by atoms with Crippen molar-refractivity contribution in [3.63, 3.8) is 0 Å². The monoisotopic (exact) mass is 288 g/mol. The molecule has 5 heteroatoms. The largest absolute Gasteiger partial charge is 0.368 e. The first-order valence-electron chi connectivity index (χ1n) is 6.39. The molecule has 1 aliphatic heterocycles. The van der Waals surface area contributed by atoms with Crippen molar-refractivity contribution in [1.82, 2.24) is 14.9 Å². The smallest absolute Gasteiger partial charge is 0.221 e. The number of hydrogen-bond donors (Lipinski definition) is 1. The summed E-state index contributed by atoms with van der Waals surface area (Å²) in [6.07, 6.45) is 6.27. The number of allylic oxidation sites excluding steroid dienone is 3. The van der Waals surface area contributed by atoms with Gasteiger partial charge in [0.2, 0.25) is 5.95 Å². The van der Waals surface area contributed by atoms with Gasteiger partial charge in [-0.15, -0.1) is 0 Å². The van der Waals surface area contributed by atoms with Crippen LogP contribution >= 0.6 is 11.6 Å². The molecule has 2 N–H and O–H groups in total. The topological polar surface area (TPSA) is 55.0 Å². The van der Waals surface area contributed by atoms with Crippen LogP contribution in [0.15, 0.2) is 23.5 Å². The van der Waals surface area contributed by atoms with Gasteiger partial charge < -0.3 is 10.6 Å². The maximum Gasteiger partial charge on any atom is 0.221 e. The van der Waals surface area contributed by atoms with Gasteiger partial charge >= 0.3 is 0 Å². The summed E-state index contributed by atoms with van der Waals surface area (Å²) in [5.41, 5.74) is 9.15. The minimum atomic E-state index is 0.169. The molecule has 1 aromatic rings. The molecule has 0 atom stereocenters. The number of rotatable bonds is 0. The number of nitrogens with zero attached hydrogens (tertiary/aromatic N) is 3. The van der Waals surface area contributed by atoms with Crippen LogP contribution in [0.2, 0.25) is 5.15 Å². The van der Waals surface area contributed by atoms with Gasteiger partial charge in [-0.25, -0.2) is 4.98 Å². The van der Waals surface area contributed by atoms with Gasteiger partial charge in [0.15, 0.2) is 5.15 Å². The third-order valence-corrected chi connectivity index (χ3v) is 3.32. The lowest BCUT2D eigenvalue weighted by Gasteiger charge is -2.12. The molecule has 4 nitrogen and oxygen atoms in total. The Labute approximate surface area is 124 Å². The van der Waals surface area contributed by atoms with Gasteiger partial charge in [0.05, 0.1) is 17.0 Å². The van der Waals surface area contributed by atoms with E-state index in [1.54, 1.807) is 0 Å². The Morgan fingerprint density at radius 1 is 1.30 bits per heavy atom. The highest BCUT2D eigenvalue weighted by molar-refractivity contribution is 6.30. The van der Waals surface area contributed by atoms with E-state index in [4.69, 9.17) is 17.3 Å². The number of nitrogen functional groups attached to an aromatic ring is 1. The second kappa shape index (κ2) is 5.98. The summed E-state index contributed by atoms with van der Waals surface area (Å²) < 4.78 is 0. The quantitative estimate of drug-likeness (QED) is 0.589. The van der Waals surface area contributed by atoms with Gasteiger partial charge in [-0.2, -0.15) is 4.98 Å². The summed E-state index contributed by atoms with van der Waals surface area (Å²) in [6, 6.07) is 0. The first-order valence-corrected chi connectivity index (χ1v) is 6.77. The molecule has 0 aromatic carbocycles. The van der Waals surface area contributed by atoms with Crippen molar-refractivity contribution >= 4 is 17.5 Å². The molecule has 1 aromatic heterocycles. The molecular formula is C15H17ClN4. The Morgan fingerprint density at radius 3 is 2.75 bits per heavy atom. The lowest BCUT2D eigenvalue weighted by atomic mass is 10.2. The highest BCUT2D eigenvalue weighted by Crippen LogP contribution is 2.18. The van der Waals surface area contributed by atoms with Gasteiger partial charge in [0.1, 0.15) is 0 Å². The number of aromatic nitrogens is 2. The normalized spacial score (nSPS) is 14.9. The zero-order chi connectivity index (χ0) is 14.7. The van der Waals surface area contributed by atoms with Gasteiger partial charge in [0.25, 0.3) is 0 Å². The maximum atomic E-state index is 6.07. The van der Waals surface area contributed by atoms with Crippen LogP contribution < -0.4 is 5.73 Å². The molecular weight excluding hydrogens is 272 g/mol. The molecule has 20 heavy (non-hydrogen) atoms. The summed E-state index contributed by atoms with van der Waals surface area (Å²) in [7, 11) is 1.99. The van der Waals surface area contributed by atoms with E-state index in [9.17, 15) is 0 Å². The van der Waals surface area contributed by atoms with Crippen LogP contribution in [-0.2, 0) is 0 Å². The predicted molar refractivity (Wildman–Crippen MR) is 81.9 cm³/mol. The Morgan fingerprint density at radius 2 is 2.05 bits per heavy atom. The fourth-order valence-electron chi connectivity index (χ4n) is 2.01. The van der Waals surface area contributed by atoms with Crippen LogP contribution in [0.1, 0.15) is 31.0 Å². The summed E-state index contributed by atoms with van der Waals surface area (Å²) in [6.45, 7) is 3.94. The van der Waals surface area contributed by atoms with Crippen molar-refractivity contribution in [2.24, 2.45) is 0 Å². The van der Waals surface area contributed by atoms with Crippen LogP contribution in [0.5, 0.6) is 0 Å². The van der Waals surface area contributed by atoms with Crippen LogP contribution in [0, 0.1) is 18.8 Å². The van der Waals surface area contributed by atoms with E-state index in [1.807, 2.05) is 18.9 Å². The maximum absolute atomic E-state index is 6.07. The number of anilines is 1. The zero-order valence-electron chi connectivity index (χ0n) is 11.9. The van der Waals surface area contributed by atoms with E-state index in [2.05, 4.69) is 41.0 Å². The fourth-order valence-corrected chi connectivity index (χ4v) is 2.28. The van der Waals surface area contributed by atoms with Gasteiger partial charge in [-0.1, -0.05) is 29.2 Å². The second-order valence-electron chi connectivity index (χ2n) is 4.80. The number of nitrogens with two attached hydrogens (primary N) is 1. The standard InChI is InChI=1S/C15H17ClN4/c1-10-5-4-6-12(20(3)9-10)7-8-13-11(2)18-15(17)19-14(13)16/h6,9H,4-5H2,1-3H3,(H2,17,18,19). The first-order chi connectivity index (χ1) is 9.47. The molecule has 0 aliphatic carbocycles. The molecule has 1 aliphatic rings. The fraction of sp³-hybridized carbons (Fsp3) is 0.333. The summed E-state index contributed by atoms with van der Waals surface area (Å²) in [4.78, 5) is 10.0. The second-order valence-corrected chi connectivity index (χ2v) is 5.16. The van der Waals surface area contributed by atoms with Crippen LogP contribution in [0.25, 0.3) is 0 Å². The average Bonchev–Trinajstić information content (AvgIpc) is 2.49. The van der Waals surface area contributed by atoms with E-state index in [-0.39, 0.29) is 5.95 Å². The molecule has 104 valence electrons. The molecule has 0 spiro atoms. The third-order valence-electron chi connectivity index (χ3n) is 3.05. The summed E-state index contributed by atoms with van der Waals surface area (Å²) >= 11 is 6.07. The van der Waals surface area contributed by atoms with E-state index < -0.39 is 0 Å². The minimum absolute atomic E-state index is 0.169. The molecule has 2 heterocycles. The van der Waals surface area contributed by atoms with Crippen LogP contribution in [0.3, 0.4) is 0 Å². The summed E-state index contributed by atoms with van der Waals surface area (Å²) in [5.74, 6) is 6.35. The molecule has 0 saturated carbocycles. The highest BCUT2D eigenvalue weighted by Gasteiger charge is 2.07. The van der Waals surface area contributed by atoms with Crippen molar-refractivity contribution < 1.29 is 0 Å². The Balaban J connectivity index is 2.34. The van der Waals surface area contributed by atoms with E-state index in [1.165, 1.54) is 5.57 Å². The van der Waals surface area contributed by atoms with E-state index in [0.717, 1.165) is 18.5 Å². The lowest BCUT2D eigenvalue weighted by Crippen LogP contribution is -2.08. The average molecular weight is 289 g/mol. The SMILES string of the molecule is CC1=CN(C)C(C#Cc2c(C)nc(N)nc2Cl)=CCC1. The Kier molecular flexibility index (Phi) is 4.31. The molecule has 0 amide bonds. The highest BCUT2D eigenvalue weighted by atomic mass is 35.5. The van der Waals surface area contributed by atoms with Gasteiger partial charge in [-0.05, 0) is 32.6 Å². The van der Waals surface area contributed by atoms with Gasteiger partial charge in [-0.3, -0.25) is 0 Å². The van der Waals surface area contributed by atoms with Crippen LogP contribution in [0.4, 0.5) is 5.95 Å². The predicted octanol–water partition coefficient (Wildman–Crippen LogP) is 2.89. The van der Waals surface area contributed by atoms with Crippen molar-refractivity contribution in [1.29, 1.82) is 0 Å². The number of aryl methyl sites for hydroxylation is 1. The molecule has 0 unspecified atom stereocenters. The minimum Gasteiger partial charge on any atom is -0.368 e.